The Morgan fingerprint density at radius 1 is 1.10 bits per heavy atom. The molecular weight excluding hydrogens is 508 g/mol. The number of hydrogen-bond acceptors (Lipinski definition) is 4. The third kappa shape index (κ3) is 6.51. The highest BCUT2D eigenvalue weighted by atomic mass is 16.2. The molecule has 1 saturated carbocycles. The van der Waals surface area contributed by atoms with Gasteiger partial charge < -0.3 is 20.1 Å². The van der Waals surface area contributed by atoms with Gasteiger partial charge in [-0.05, 0) is 91.9 Å². The molecule has 2 N–H and O–H groups in total. The van der Waals surface area contributed by atoms with Gasteiger partial charge in [-0.25, -0.2) is 9.78 Å². The summed E-state index contributed by atoms with van der Waals surface area (Å²) >= 11 is 0. The van der Waals surface area contributed by atoms with Crippen LogP contribution in [-0.4, -0.2) is 66.2 Å². The van der Waals surface area contributed by atoms with Crippen LogP contribution in [0, 0.1) is 5.92 Å². The molecular formula is C34H42N6O. The van der Waals surface area contributed by atoms with E-state index in [1.807, 2.05) is 32.4 Å². The molecule has 0 aliphatic heterocycles. The summed E-state index contributed by atoms with van der Waals surface area (Å²) in [7, 11) is 7.91. The number of aromatic nitrogens is 2. The maximum atomic E-state index is 12.7. The monoisotopic (exact) mass is 550 g/mol. The minimum atomic E-state index is -0.0600. The van der Waals surface area contributed by atoms with Crippen LogP contribution in [0.1, 0.15) is 55.2 Å². The lowest BCUT2D eigenvalue weighted by Gasteiger charge is -2.30. The summed E-state index contributed by atoms with van der Waals surface area (Å²) in [6.45, 7) is 3.91. The Balaban J connectivity index is 1.37. The van der Waals surface area contributed by atoms with Gasteiger partial charge >= 0.3 is 6.03 Å². The third-order valence-corrected chi connectivity index (χ3v) is 8.19. The molecule has 0 spiro atoms. The zero-order chi connectivity index (χ0) is 28.9. The van der Waals surface area contributed by atoms with E-state index in [2.05, 4.69) is 89.7 Å². The number of carbonyl (C=O) groups excluding carboxylic acids is 1. The van der Waals surface area contributed by atoms with E-state index in [-0.39, 0.29) is 11.9 Å². The van der Waals surface area contributed by atoms with Crippen molar-refractivity contribution >= 4 is 28.5 Å². The van der Waals surface area contributed by atoms with Crippen LogP contribution < -0.4 is 5.32 Å². The lowest BCUT2D eigenvalue weighted by atomic mass is 9.85. The van der Waals surface area contributed by atoms with Crippen LogP contribution in [0.25, 0.3) is 22.3 Å². The molecule has 2 heterocycles. The van der Waals surface area contributed by atoms with Gasteiger partial charge in [-0.3, -0.25) is 4.99 Å². The maximum Gasteiger partial charge on any atom is 0.321 e. The standard InChI is InChI=1S/C34H42N6O/c1-6-28(32(35-2)25-13-15-27(16-14-25)37-34(41)40(5)22-23-9-7-10-23)29-17-18-36-33-30(29)20-31(38-33)26-12-8-11-24(19-26)21-39(3)4/h8,11-20,23,28H,6-7,9-10,21-22H2,1-5H3,(H,36,38)(H,37,41). The van der Waals surface area contributed by atoms with Crippen molar-refractivity contribution < 1.29 is 4.79 Å². The molecule has 1 aliphatic rings. The Kier molecular flexibility index (Phi) is 8.84. The number of aliphatic imine (C=N–C) groups is 1. The summed E-state index contributed by atoms with van der Waals surface area (Å²) in [5, 5.41) is 4.16. The number of aromatic amines is 1. The Labute approximate surface area is 243 Å². The number of pyridine rings is 1. The number of benzene rings is 2. The van der Waals surface area contributed by atoms with Crippen molar-refractivity contribution in [1.82, 2.24) is 19.8 Å². The average Bonchev–Trinajstić information content (AvgIpc) is 3.39. The zero-order valence-corrected chi connectivity index (χ0v) is 24.9. The molecule has 41 heavy (non-hydrogen) atoms. The van der Waals surface area contributed by atoms with E-state index in [1.165, 1.54) is 30.4 Å². The van der Waals surface area contributed by atoms with Gasteiger partial charge in [-0.1, -0.05) is 43.7 Å². The predicted molar refractivity (Wildman–Crippen MR) is 170 cm³/mol. The lowest BCUT2D eigenvalue weighted by molar-refractivity contribution is 0.194. The molecule has 1 atom stereocenters. The fourth-order valence-corrected chi connectivity index (χ4v) is 5.84. The Hall–Kier alpha value is -3.97. The molecule has 0 saturated heterocycles. The van der Waals surface area contributed by atoms with Gasteiger partial charge in [0.25, 0.3) is 0 Å². The number of urea groups is 1. The number of nitrogens with zero attached hydrogens (tertiary/aromatic N) is 4. The van der Waals surface area contributed by atoms with Crippen molar-refractivity contribution in [1.29, 1.82) is 0 Å². The predicted octanol–water partition coefficient (Wildman–Crippen LogP) is 7.17. The topological polar surface area (TPSA) is 76.6 Å². The number of nitrogens with one attached hydrogen (secondary N) is 2. The van der Waals surface area contributed by atoms with Gasteiger partial charge in [0.05, 0.1) is 0 Å². The first-order valence-corrected chi connectivity index (χ1v) is 14.7. The van der Waals surface area contributed by atoms with Crippen LogP contribution in [0.4, 0.5) is 10.5 Å². The second-order valence-electron chi connectivity index (χ2n) is 11.5. The molecule has 4 aromatic rings. The summed E-state index contributed by atoms with van der Waals surface area (Å²) in [5.41, 5.74) is 8.45. The van der Waals surface area contributed by atoms with E-state index in [4.69, 9.17) is 4.99 Å². The normalized spacial score (nSPS) is 14.7. The van der Waals surface area contributed by atoms with Gasteiger partial charge in [-0.15, -0.1) is 0 Å². The number of H-pyrrole nitrogens is 1. The fraction of sp³-hybridized carbons (Fsp3) is 0.382. The van der Waals surface area contributed by atoms with E-state index in [0.717, 1.165) is 58.8 Å². The van der Waals surface area contributed by atoms with Crippen molar-refractivity contribution in [2.75, 3.05) is 40.1 Å². The molecule has 2 aromatic heterocycles. The first-order valence-electron chi connectivity index (χ1n) is 14.7. The van der Waals surface area contributed by atoms with Gasteiger partial charge in [0.1, 0.15) is 5.65 Å². The van der Waals surface area contributed by atoms with Crippen LogP contribution in [0.5, 0.6) is 0 Å². The molecule has 0 bridgehead atoms. The van der Waals surface area contributed by atoms with Gasteiger partial charge in [0, 0.05) is 61.8 Å². The van der Waals surface area contributed by atoms with E-state index in [1.54, 1.807) is 4.90 Å². The molecule has 2 aromatic carbocycles. The molecule has 0 radical (unpaired) electrons. The SMILES string of the molecule is CCC(C(=NC)c1ccc(NC(=O)N(C)CC2CCC2)cc1)c1ccnc2[nH]c(-c3cccc(CN(C)C)c3)cc12. The molecule has 214 valence electrons. The molecule has 1 aliphatic carbocycles. The van der Waals surface area contributed by atoms with Crippen LogP contribution in [-0.2, 0) is 6.54 Å². The number of carbonyl (C=O) groups is 1. The van der Waals surface area contributed by atoms with Crippen molar-refractivity contribution in [3.8, 4) is 11.3 Å². The van der Waals surface area contributed by atoms with Gasteiger partial charge in [0.15, 0.2) is 0 Å². The summed E-state index contributed by atoms with van der Waals surface area (Å²) in [4.78, 5) is 29.6. The number of fused-ring (bicyclic) bond motifs is 1. The fourth-order valence-electron chi connectivity index (χ4n) is 5.84. The average molecular weight is 551 g/mol. The second kappa shape index (κ2) is 12.7. The minimum absolute atomic E-state index is 0.0600. The molecule has 1 unspecified atom stereocenters. The van der Waals surface area contributed by atoms with E-state index < -0.39 is 0 Å². The molecule has 2 amide bonds. The van der Waals surface area contributed by atoms with Crippen molar-refractivity contribution in [3.05, 3.63) is 83.6 Å². The molecule has 7 nitrogen and oxygen atoms in total. The number of hydrogen-bond donors (Lipinski definition) is 2. The van der Waals surface area contributed by atoms with Crippen molar-refractivity contribution in [2.24, 2.45) is 10.9 Å². The highest BCUT2D eigenvalue weighted by Crippen LogP contribution is 2.34. The highest BCUT2D eigenvalue weighted by Gasteiger charge is 2.23. The van der Waals surface area contributed by atoms with Crippen molar-refractivity contribution in [2.45, 2.75) is 45.1 Å². The Morgan fingerprint density at radius 2 is 1.88 bits per heavy atom. The Morgan fingerprint density at radius 3 is 2.54 bits per heavy atom. The van der Waals surface area contributed by atoms with Gasteiger partial charge in [-0.2, -0.15) is 0 Å². The van der Waals surface area contributed by atoms with E-state index >= 15 is 0 Å². The summed E-state index contributed by atoms with van der Waals surface area (Å²) < 4.78 is 0. The van der Waals surface area contributed by atoms with Crippen LogP contribution in [0.15, 0.2) is 71.9 Å². The molecule has 7 heteroatoms. The van der Waals surface area contributed by atoms with Crippen molar-refractivity contribution in [3.63, 3.8) is 0 Å². The Bertz CT molecular complexity index is 1520. The lowest BCUT2D eigenvalue weighted by Crippen LogP contribution is -2.37. The summed E-state index contributed by atoms with van der Waals surface area (Å²) in [6, 6.07) is 21.0. The highest BCUT2D eigenvalue weighted by molar-refractivity contribution is 6.07. The summed E-state index contributed by atoms with van der Waals surface area (Å²) in [5.74, 6) is 0.745. The largest absolute Gasteiger partial charge is 0.339 e. The minimum Gasteiger partial charge on any atom is -0.339 e. The number of amides is 2. The van der Waals surface area contributed by atoms with Crippen LogP contribution in [0.3, 0.4) is 0 Å². The van der Waals surface area contributed by atoms with E-state index in [0.29, 0.717) is 5.92 Å². The third-order valence-electron chi connectivity index (χ3n) is 8.19. The summed E-state index contributed by atoms with van der Waals surface area (Å²) in [6.07, 6.45) is 6.51. The maximum absolute atomic E-state index is 12.7. The van der Waals surface area contributed by atoms with Crippen LogP contribution in [0.2, 0.25) is 0 Å². The first kappa shape index (κ1) is 28.6. The molecule has 1 fully saturated rings. The van der Waals surface area contributed by atoms with Gasteiger partial charge in [0.2, 0.25) is 0 Å². The molecule has 5 rings (SSSR count). The smallest absolute Gasteiger partial charge is 0.321 e. The quantitative estimate of drug-likeness (QED) is 0.206. The number of anilines is 1. The van der Waals surface area contributed by atoms with Crippen LogP contribution >= 0.6 is 0 Å². The zero-order valence-electron chi connectivity index (χ0n) is 24.9. The second-order valence-corrected chi connectivity index (χ2v) is 11.5. The van der Waals surface area contributed by atoms with E-state index in [9.17, 15) is 4.79 Å². The first-order chi connectivity index (χ1) is 19.9. The number of rotatable bonds is 10.